The van der Waals surface area contributed by atoms with Gasteiger partial charge in [0.2, 0.25) is 0 Å². The van der Waals surface area contributed by atoms with Crippen LogP contribution in [0.2, 0.25) is 0 Å². The molecule has 1 aliphatic rings. The molecule has 1 aromatic heterocycles. The fourth-order valence-corrected chi connectivity index (χ4v) is 4.69. The average molecular weight is 485 g/mol. The summed E-state index contributed by atoms with van der Waals surface area (Å²) in [7, 11) is 1.23. The van der Waals surface area contributed by atoms with E-state index in [-0.39, 0.29) is 17.9 Å². The Hall–Kier alpha value is -4.43. The number of esters is 1. The summed E-state index contributed by atoms with van der Waals surface area (Å²) < 4.78 is 11.8. The number of para-hydroxylation sites is 1. The van der Waals surface area contributed by atoms with Crippen molar-refractivity contribution in [3.63, 3.8) is 0 Å². The predicted molar refractivity (Wildman–Crippen MR) is 133 cm³/mol. The smallest absolute Gasteiger partial charge is 0.418 e. The van der Waals surface area contributed by atoms with Gasteiger partial charge in [-0.2, -0.15) is 0 Å². The van der Waals surface area contributed by atoms with Crippen LogP contribution in [0.15, 0.2) is 66.7 Å². The van der Waals surface area contributed by atoms with E-state index < -0.39 is 18.0 Å². The zero-order valence-corrected chi connectivity index (χ0v) is 19.6. The quantitative estimate of drug-likeness (QED) is 0.398. The lowest BCUT2D eigenvalue weighted by Gasteiger charge is -2.20. The Morgan fingerprint density at radius 2 is 1.75 bits per heavy atom. The standard InChI is InChI=1S/C28H24N2O6/c1-35-28(34)30-23-10-6-5-9-20(23)24(25(30)27(33)36-16-17-7-3-2-4-8-17)21-13-18-11-12-29-15-19(18)14-22(21)26(31)32/h2-10,13-14,29H,11-12,15-16H2,1H3,(H,31,32). The van der Waals surface area contributed by atoms with Crippen LogP contribution in [0.3, 0.4) is 0 Å². The molecule has 1 aliphatic heterocycles. The molecule has 0 atom stereocenters. The first-order valence-electron chi connectivity index (χ1n) is 11.5. The SMILES string of the molecule is COC(=O)n1c(C(=O)OCc2ccccc2)c(-c2cc3c(cc2C(=O)O)CNCC3)c2ccccc21. The lowest BCUT2D eigenvalue weighted by molar-refractivity contribution is 0.0460. The summed E-state index contributed by atoms with van der Waals surface area (Å²) in [6.45, 7) is 1.31. The summed E-state index contributed by atoms with van der Waals surface area (Å²) in [4.78, 5) is 38.9. The van der Waals surface area contributed by atoms with Gasteiger partial charge in [-0.05, 0) is 53.4 Å². The van der Waals surface area contributed by atoms with Gasteiger partial charge >= 0.3 is 18.0 Å². The Morgan fingerprint density at radius 1 is 1.00 bits per heavy atom. The number of aromatic carboxylic acids is 1. The number of carbonyl (C=O) groups excluding carboxylic acids is 2. The van der Waals surface area contributed by atoms with Crippen LogP contribution in [0.4, 0.5) is 4.79 Å². The predicted octanol–water partition coefficient (Wildman–Crippen LogP) is 4.62. The number of carboxylic acids is 1. The van der Waals surface area contributed by atoms with Crippen molar-refractivity contribution in [2.24, 2.45) is 0 Å². The minimum atomic E-state index is -1.13. The maximum absolute atomic E-state index is 13.6. The van der Waals surface area contributed by atoms with Crippen LogP contribution in [0.5, 0.6) is 0 Å². The number of hydrogen-bond donors (Lipinski definition) is 2. The molecule has 182 valence electrons. The van der Waals surface area contributed by atoms with E-state index in [0.717, 1.165) is 27.8 Å². The van der Waals surface area contributed by atoms with Crippen molar-refractivity contribution < 1.29 is 29.0 Å². The monoisotopic (exact) mass is 484 g/mol. The van der Waals surface area contributed by atoms with Gasteiger partial charge in [0.05, 0.1) is 18.2 Å². The molecule has 0 bridgehead atoms. The van der Waals surface area contributed by atoms with E-state index >= 15 is 0 Å². The summed E-state index contributed by atoms with van der Waals surface area (Å²) in [5.74, 6) is -1.89. The van der Waals surface area contributed by atoms with Crippen molar-refractivity contribution in [1.29, 1.82) is 0 Å². The van der Waals surface area contributed by atoms with Crippen LogP contribution < -0.4 is 5.32 Å². The first kappa shape index (κ1) is 23.3. The molecule has 0 fully saturated rings. The third-order valence-electron chi connectivity index (χ3n) is 6.36. The highest BCUT2D eigenvalue weighted by Crippen LogP contribution is 2.39. The highest BCUT2D eigenvalue weighted by molar-refractivity contribution is 6.14. The van der Waals surface area contributed by atoms with E-state index in [1.54, 1.807) is 30.3 Å². The molecule has 3 aromatic carbocycles. The molecule has 4 aromatic rings. The van der Waals surface area contributed by atoms with E-state index in [1.165, 1.54) is 7.11 Å². The zero-order valence-electron chi connectivity index (χ0n) is 19.6. The third kappa shape index (κ3) is 4.12. The van der Waals surface area contributed by atoms with Gasteiger partial charge in [-0.3, -0.25) is 0 Å². The summed E-state index contributed by atoms with van der Waals surface area (Å²) >= 11 is 0. The molecule has 0 saturated heterocycles. The summed E-state index contributed by atoms with van der Waals surface area (Å²) in [6.07, 6.45) is -0.0609. The molecule has 36 heavy (non-hydrogen) atoms. The van der Waals surface area contributed by atoms with Crippen LogP contribution in [0, 0.1) is 0 Å². The summed E-state index contributed by atoms with van der Waals surface area (Å²) in [6, 6.07) is 19.6. The highest BCUT2D eigenvalue weighted by atomic mass is 16.5. The molecule has 2 N–H and O–H groups in total. The van der Waals surface area contributed by atoms with E-state index in [1.807, 2.05) is 36.4 Å². The van der Waals surface area contributed by atoms with Gasteiger partial charge in [0.15, 0.2) is 0 Å². The number of fused-ring (bicyclic) bond motifs is 2. The Balaban J connectivity index is 1.76. The molecular formula is C28H24N2O6. The minimum Gasteiger partial charge on any atom is -0.478 e. The number of benzene rings is 3. The van der Waals surface area contributed by atoms with Gasteiger partial charge in [0.25, 0.3) is 0 Å². The largest absolute Gasteiger partial charge is 0.478 e. The van der Waals surface area contributed by atoms with Gasteiger partial charge < -0.3 is 19.9 Å². The van der Waals surface area contributed by atoms with E-state index in [2.05, 4.69) is 5.32 Å². The third-order valence-corrected chi connectivity index (χ3v) is 6.36. The Bertz CT molecular complexity index is 1490. The molecule has 0 spiro atoms. The van der Waals surface area contributed by atoms with E-state index in [0.29, 0.717) is 35.0 Å². The Morgan fingerprint density at radius 3 is 2.50 bits per heavy atom. The van der Waals surface area contributed by atoms with Crippen molar-refractivity contribution >= 4 is 28.9 Å². The maximum atomic E-state index is 13.6. The fourth-order valence-electron chi connectivity index (χ4n) is 4.69. The molecule has 2 heterocycles. The van der Waals surface area contributed by atoms with Crippen LogP contribution in [-0.2, 0) is 29.0 Å². The van der Waals surface area contributed by atoms with Gasteiger partial charge in [0.1, 0.15) is 12.3 Å². The molecular weight excluding hydrogens is 460 g/mol. The highest BCUT2D eigenvalue weighted by Gasteiger charge is 2.31. The lowest BCUT2D eigenvalue weighted by Crippen LogP contribution is -2.24. The van der Waals surface area contributed by atoms with Crippen LogP contribution in [-0.4, -0.2) is 41.4 Å². The number of carbonyl (C=O) groups is 3. The number of methoxy groups -OCH3 is 1. The zero-order chi connectivity index (χ0) is 25.2. The molecule has 5 rings (SSSR count). The Labute approximate surface area is 207 Å². The second-order valence-corrected chi connectivity index (χ2v) is 8.51. The number of nitrogens with one attached hydrogen (secondary N) is 1. The summed E-state index contributed by atoms with van der Waals surface area (Å²) in [5.41, 5.74) is 3.74. The van der Waals surface area contributed by atoms with Crippen molar-refractivity contribution in [2.75, 3.05) is 13.7 Å². The van der Waals surface area contributed by atoms with E-state index in [4.69, 9.17) is 9.47 Å². The van der Waals surface area contributed by atoms with Crippen LogP contribution >= 0.6 is 0 Å². The minimum absolute atomic E-state index is 0.0105. The van der Waals surface area contributed by atoms with E-state index in [9.17, 15) is 19.5 Å². The molecule has 8 heteroatoms. The van der Waals surface area contributed by atoms with Gasteiger partial charge in [-0.1, -0.05) is 48.5 Å². The number of aromatic nitrogens is 1. The van der Waals surface area contributed by atoms with Crippen LogP contribution in [0.1, 0.15) is 37.5 Å². The molecule has 0 aliphatic carbocycles. The van der Waals surface area contributed by atoms with Crippen LogP contribution in [0.25, 0.3) is 22.0 Å². The van der Waals surface area contributed by atoms with Gasteiger partial charge in [0, 0.05) is 17.5 Å². The molecule has 8 nitrogen and oxygen atoms in total. The van der Waals surface area contributed by atoms with Crippen molar-refractivity contribution in [3.05, 3.63) is 94.7 Å². The number of hydrogen-bond acceptors (Lipinski definition) is 6. The molecule has 0 unspecified atom stereocenters. The lowest BCUT2D eigenvalue weighted by atomic mass is 9.89. The molecule has 0 amide bonds. The Kier molecular flexibility index (Phi) is 6.26. The first-order valence-corrected chi connectivity index (χ1v) is 11.5. The number of ether oxygens (including phenoxy) is 2. The van der Waals surface area contributed by atoms with Crippen molar-refractivity contribution in [1.82, 2.24) is 9.88 Å². The van der Waals surface area contributed by atoms with Crippen molar-refractivity contribution in [3.8, 4) is 11.1 Å². The summed E-state index contributed by atoms with van der Waals surface area (Å²) in [5, 5.41) is 13.9. The number of nitrogens with zero attached hydrogens (tertiary/aromatic N) is 1. The van der Waals surface area contributed by atoms with Gasteiger partial charge in [-0.25, -0.2) is 19.0 Å². The van der Waals surface area contributed by atoms with Crippen molar-refractivity contribution in [2.45, 2.75) is 19.6 Å². The fraction of sp³-hybridized carbons (Fsp3) is 0.179. The normalized spacial score (nSPS) is 12.7. The maximum Gasteiger partial charge on any atom is 0.418 e. The first-order chi connectivity index (χ1) is 17.5. The topological polar surface area (TPSA) is 107 Å². The average Bonchev–Trinajstić information content (AvgIpc) is 3.26. The molecule has 0 radical (unpaired) electrons. The number of rotatable bonds is 5. The second-order valence-electron chi connectivity index (χ2n) is 8.51. The molecule has 0 saturated carbocycles. The van der Waals surface area contributed by atoms with Gasteiger partial charge in [-0.15, -0.1) is 0 Å². The second kappa shape index (κ2) is 9.67. The number of carboxylic acid groups (broad SMARTS) is 1.